The third-order valence-corrected chi connectivity index (χ3v) is 6.28. The molecule has 1 aromatic carbocycles. The van der Waals surface area contributed by atoms with E-state index in [2.05, 4.69) is 33.1 Å². The van der Waals surface area contributed by atoms with Crippen molar-refractivity contribution in [2.45, 2.75) is 64.7 Å². The van der Waals surface area contributed by atoms with E-state index in [1.807, 2.05) is 30.1 Å². The Morgan fingerprint density at radius 2 is 2.07 bits per heavy atom. The molecule has 1 aromatic heterocycles. The minimum atomic E-state index is 0.224. The molecular weight excluding hydrogens is 364 g/mol. The van der Waals surface area contributed by atoms with Crippen molar-refractivity contribution in [3.8, 4) is 5.75 Å². The lowest BCUT2D eigenvalue weighted by Gasteiger charge is -2.33. The zero-order valence-electron chi connectivity index (χ0n) is 17.6. The number of aromatic nitrogens is 2. The molecule has 4 rings (SSSR count). The second kappa shape index (κ2) is 8.99. The fraction of sp³-hybridized carbons (Fsp3) is 0.565. The van der Waals surface area contributed by atoms with Crippen LogP contribution < -0.4 is 4.74 Å². The lowest BCUT2D eigenvalue weighted by molar-refractivity contribution is -0.130. The number of hydrogen-bond donors (Lipinski definition) is 0. The largest absolute Gasteiger partial charge is 0.494 e. The highest BCUT2D eigenvalue weighted by atomic mass is 16.5. The molecule has 2 aromatic rings. The maximum atomic E-state index is 12.1. The van der Waals surface area contributed by atoms with Gasteiger partial charge < -0.3 is 9.64 Å². The highest BCUT2D eigenvalue weighted by Crippen LogP contribution is 2.32. The molecule has 6 heteroatoms. The number of hydrogen-bond acceptors (Lipinski definition) is 4. The van der Waals surface area contributed by atoms with Gasteiger partial charge in [-0.05, 0) is 56.5 Å². The van der Waals surface area contributed by atoms with E-state index in [9.17, 15) is 4.79 Å². The number of fused-ring (bicyclic) bond motifs is 1. The summed E-state index contributed by atoms with van der Waals surface area (Å²) in [4.78, 5) is 16.8. The van der Waals surface area contributed by atoms with E-state index in [4.69, 9.17) is 4.74 Å². The Bertz CT molecular complexity index is 820. The Morgan fingerprint density at radius 1 is 1.17 bits per heavy atom. The van der Waals surface area contributed by atoms with Gasteiger partial charge in [-0.25, -0.2) is 0 Å². The monoisotopic (exact) mass is 396 g/mol. The lowest BCUT2D eigenvalue weighted by atomic mass is 10.0. The molecule has 0 bridgehead atoms. The molecule has 6 nitrogen and oxygen atoms in total. The standard InChI is InChI=1S/C23H32N4O2/c1-3-29-23-9-8-19(15-20(23)17-26-13-6-11-24-26)16-25-12-5-4-7-22-21(25)10-14-27(22)18(2)28/h6,8-9,11,13,15,21-22H,3-5,7,10,12,14,16-17H2,1-2H3/t21-,22-/m1/s1. The van der Waals surface area contributed by atoms with Gasteiger partial charge in [0.15, 0.2) is 0 Å². The molecular formula is C23H32N4O2. The maximum absolute atomic E-state index is 12.1. The zero-order valence-corrected chi connectivity index (χ0v) is 17.6. The molecule has 2 aliphatic rings. The minimum absolute atomic E-state index is 0.224. The van der Waals surface area contributed by atoms with E-state index >= 15 is 0 Å². The van der Waals surface area contributed by atoms with Crippen molar-refractivity contribution in [1.29, 1.82) is 0 Å². The number of carbonyl (C=O) groups is 1. The van der Waals surface area contributed by atoms with Crippen LogP contribution in [0.5, 0.6) is 5.75 Å². The van der Waals surface area contributed by atoms with Crippen LogP contribution in [0.1, 0.15) is 50.7 Å². The van der Waals surface area contributed by atoms with Crippen molar-refractivity contribution in [3.63, 3.8) is 0 Å². The second-order valence-corrected chi connectivity index (χ2v) is 8.18. The molecule has 3 heterocycles. The summed E-state index contributed by atoms with van der Waals surface area (Å²) < 4.78 is 7.80. The summed E-state index contributed by atoms with van der Waals surface area (Å²) in [5.74, 6) is 1.16. The molecule has 29 heavy (non-hydrogen) atoms. The van der Waals surface area contributed by atoms with Gasteiger partial charge in [-0.15, -0.1) is 0 Å². The second-order valence-electron chi connectivity index (χ2n) is 8.18. The molecule has 2 saturated heterocycles. The zero-order chi connectivity index (χ0) is 20.2. The van der Waals surface area contributed by atoms with E-state index in [0.29, 0.717) is 25.2 Å². The number of benzene rings is 1. The van der Waals surface area contributed by atoms with Gasteiger partial charge in [0.05, 0.1) is 13.2 Å². The Morgan fingerprint density at radius 3 is 2.83 bits per heavy atom. The molecule has 2 atom stereocenters. The van der Waals surface area contributed by atoms with E-state index in [1.54, 1.807) is 6.92 Å². The summed E-state index contributed by atoms with van der Waals surface area (Å²) in [5.41, 5.74) is 2.47. The predicted molar refractivity (Wildman–Crippen MR) is 113 cm³/mol. The average molecular weight is 397 g/mol. The van der Waals surface area contributed by atoms with E-state index in [1.165, 1.54) is 18.4 Å². The molecule has 0 radical (unpaired) electrons. The predicted octanol–water partition coefficient (Wildman–Crippen LogP) is 3.31. The summed E-state index contributed by atoms with van der Waals surface area (Å²) in [6.45, 7) is 8.02. The molecule has 0 N–H and O–H groups in total. The van der Waals surface area contributed by atoms with Gasteiger partial charge in [0.1, 0.15) is 5.75 Å². The summed E-state index contributed by atoms with van der Waals surface area (Å²) in [6, 6.07) is 9.36. The van der Waals surface area contributed by atoms with Crippen LogP contribution in [0.25, 0.3) is 0 Å². The van der Waals surface area contributed by atoms with Gasteiger partial charge in [-0.1, -0.05) is 12.5 Å². The first-order chi connectivity index (χ1) is 14.2. The fourth-order valence-corrected chi connectivity index (χ4v) is 4.99. The first-order valence-corrected chi connectivity index (χ1v) is 10.9. The molecule has 2 aliphatic heterocycles. The number of amides is 1. The molecule has 0 aliphatic carbocycles. The van der Waals surface area contributed by atoms with Crippen LogP contribution >= 0.6 is 0 Å². The third-order valence-electron chi connectivity index (χ3n) is 6.28. The molecule has 0 saturated carbocycles. The first kappa shape index (κ1) is 20.0. The Labute approximate surface area is 173 Å². The van der Waals surface area contributed by atoms with Crippen LogP contribution in [0, 0.1) is 0 Å². The van der Waals surface area contributed by atoms with Gasteiger partial charge in [-0.3, -0.25) is 14.4 Å². The molecule has 1 amide bonds. The maximum Gasteiger partial charge on any atom is 0.219 e. The van der Waals surface area contributed by atoms with E-state index in [0.717, 1.165) is 43.8 Å². The van der Waals surface area contributed by atoms with Crippen LogP contribution in [0.2, 0.25) is 0 Å². The quantitative estimate of drug-likeness (QED) is 0.752. The van der Waals surface area contributed by atoms with Crippen LogP contribution in [0.3, 0.4) is 0 Å². The molecule has 0 spiro atoms. The van der Waals surface area contributed by atoms with Crippen LogP contribution in [-0.2, 0) is 17.9 Å². The number of carbonyl (C=O) groups excluding carboxylic acids is 1. The van der Waals surface area contributed by atoms with Crippen molar-refractivity contribution in [1.82, 2.24) is 19.6 Å². The third kappa shape index (κ3) is 4.47. The van der Waals surface area contributed by atoms with E-state index in [-0.39, 0.29) is 5.91 Å². The SMILES string of the molecule is CCOc1ccc(CN2CCCC[C@@H]3[C@H]2CCN3C(C)=O)cc1Cn1cccn1. The Balaban J connectivity index is 1.54. The number of rotatable bonds is 6. The normalized spacial score (nSPS) is 22.3. The summed E-state index contributed by atoms with van der Waals surface area (Å²) in [5, 5.41) is 4.35. The Kier molecular flexibility index (Phi) is 6.19. The highest BCUT2D eigenvalue weighted by Gasteiger charge is 2.39. The van der Waals surface area contributed by atoms with Gasteiger partial charge >= 0.3 is 0 Å². The van der Waals surface area contributed by atoms with Gasteiger partial charge in [0, 0.05) is 50.1 Å². The van der Waals surface area contributed by atoms with Crippen LogP contribution in [-0.4, -0.2) is 57.3 Å². The van der Waals surface area contributed by atoms with Gasteiger partial charge in [-0.2, -0.15) is 5.10 Å². The number of nitrogens with zero attached hydrogens (tertiary/aromatic N) is 4. The fourth-order valence-electron chi connectivity index (χ4n) is 4.99. The smallest absolute Gasteiger partial charge is 0.219 e. The number of likely N-dealkylation sites (tertiary alicyclic amines) is 2. The highest BCUT2D eigenvalue weighted by molar-refractivity contribution is 5.74. The first-order valence-electron chi connectivity index (χ1n) is 10.9. The van der Waals surface area contributed by atoms with Gasteiger partial charge in [0.25, 0.3) is 0 Å². The van der Waals surface area contributed by atoms with Crippen molar-refractivity contribution in [2.75, 3.05) is 19.7 Å². The van der Waals surface area contributed by atoms with Crippen LogP contribution in [0.15, 0.2) is 36.7 Å². The summed E-state index contributed by atoms with van der Waals surface area (Å²) in [7, 11) is 0. The van der Waals surface area contributed by atoms with Crippen LogP contribution in [0.4, 0.5) is 0 Å². The lowest BCUT2D eigenvalue weighted by Crippen LogP contribution is -2.44. The topological polar surface area (TPSA) is 50.6 Å². The summed E-state index contributed by atoms with van der Waals surface area (Å²) in [6.07, 6.45) is 8.42. The Hall–Kier alpha value is -2.34. The molecule has 2 fully saturated rings. The minimum Gasteiger partial charge on any atom is -0.494 e. The van der Waals surface area contributed by atoms with Crippen molar-refractivity contribution in [2.24, 2.45) is 0 Å². The van der Waals surface area contributed by atoms with E-state index < -0.39 is 0 Å². The van der Waals surface area contributed by atoms with Gasteiger partial charge in [0.2, 0.25) is 5.91 Å². The molecule has 156 valence electrons. The van der Waals surface area contributed by atoms with Crippen molar-refractivity contribution < 1.29 is 9.53 Å². The molecule has 0 unspecified atom stereocenters. The average Bonchev–Trinajstić information content (AvgIpc) is 3.32. The number of ether oxygens (including phenoxy) is 1. The van der Waals surface area contributed by atoms with Crippen molar-refractivity contribution >= 4 is 5.91 Å². The van der Waals surface area contributed by atoms with Crippen molar-refractivity contribution in [3.05, 3.63) is 47.8 Å². The summed E-state index contributed by atoms with van der Waals surface area (Å²) >= 11 is 0.